The molecule has 1 unspecified atom stereocenters. The molecule has 5 heteroatoms. The maximum absolute atomic E-state index is 12.9. The first kappa shape index (κ1) is 16.5. The molecule has 0 radical (unpaired) electrons. The highest BCUT2D eigenvalue weighted by Crippen LogP contribution is 2.32. The van der Waals surface area contributed by atoms with Crippen molar-refractivity contribution in [3.63, 3.8) is 0 Å². The summed E-state index contributed by atoms with van der Waals surface area (Å²) in [5, 5.41) is 0.851. The third-order valence-corrected chi connectivity index (χ3v) is 3.96. The smallest absolute Gasteiger partial charge is 0.209 e. The van der Waals surface area contributed by atoms with E-state index in [9.17, 15) is 4.79 Å². The summed E-state index contributed by atoms with van der Waals surface area (Å²) < 4.78 is 5.93. The Morgan fingerprint density at radius 3 is 2.46 bits per heavy atom. The number of pyridine rings is 1. The lowest BCUT2D eigenvalue weighted by molar-refractivity contribution is 0.0792. The Morgan fingerprint density at radius 2 is 1.79 bits per heavy atom. The molecule has 0 saturated heterocycles. The van der Waals surface area contributed by atoms with Crippen LogP contribution in [0.1, 0.15) is 22.0 Å². The van der Waals surface area contributed by atoms with Crippen LogP contribution in [0.5, 0.6) is 5.75 Å². The van der Waals surface area contributed by atoms with Crippen LogP contribution in [0.4, 0.5) is 0 Å². The molecule has 1 aromatic heterocycles. The average molecular weight is 358 g/mol. The van der Waals surface area contributed by atoms with Crippen molar-refractivity contribution < 1.29 is 9.53 Å². The highest BCUT2D eigenvalue weighted by molar-refractivity contribution is 6.35. The number of ketones is 1. The minimum Gasteiger partial charge on any atom is -0.476 e. The Bertz CT molecular complexity index is 839. The number of hydrogen-bond donors (Lipinski definition) is 0. The maximum Gasteiger partial charge on any atom is 0.209 e. The number of aromatic nitrogens is 1. The van der Waals surface area contributed by atoms with Gasteiger partial charge in [0, 0.05) is 28.5 Å². The van der Waals surface area contributed by atoms with Gasteiger partial charge in [-0.05, 0) is 30.3 Å². The number of benzene rings is 2. The average Bonchev–Trinajstić information content (AvgIpc) is 2.62. The van der Waals surface area contributed by atoms with E-state index in [1.807, 2.05) is 30.3 Å². The van der Waals surface area contributed by atoms with E-state index in [0.717, 1.165) is 5.56 Å². The van der Waals surface area contributed by atoms with Crippen LogP contribution < -0.4 is 4.74 Å². The molecule has 3 rings (SSSR count). The van der Waals surface area contributed by atoms with Gasteiger partial charge in [-0.1, -0.05) is 53.5 Å². The molecule has 3 nitrogen and oxygen atoms in total. The molecule has 0 aliphatic carbocycles. The van der Waals surface area contributed by atoms with E-state index < -0.39 is 6.10 Å². The van der Waals surface area contributed by atoms with Gasteiger partial charge in [0.05, 0.1) is 5.02 Å². The van der Waals surface area contributed by atoms with Gasteiger partial charge in [-0.15, -0.1) is 0 Å². The fourth-order valence-electron chi connectivity index (χ4n) is 2.26. The van der Waals surface area contributed by atoms with Crippen LogP contribution in [-0.4, -0.2) is 10.8 Å². The van der Waals surface area contributed by atoms with Gasteiger partial charge in [0.25, 0.3) is 0 Å². The summed E-state index contributed by atoms with van der Waals surface area (Å²) in [4.78, 5) is 16.9. The zero-order valence-electron chi connectivity index (χ0n) is 12.5. The zero-order valence-corrected chi connectivity index (χ0v) is 14.0. The Morgan fingerprint density at radius 1 is 1.00 bits per heavy atom. The number of carbonyl (C=O) groups is 1. The molecule has 0 aliphatic rings. The number of nitrogens with zero attached hydrogens (tertiary/aromatic N) is 1. The van der Waals surface area contributed by atoms with Gasteiger partial charge >= 0.3 is 0 Å². The molecule has 2 aromatic carbocycles. The lowest BCUT2D eigenvalue weighted by atomic mass is 10.0. The Hall–Kier alpha value is -2.36. The number of hydrogen-bond acceptors (Lipinski definition) is 3. The molecule has 120 valence electrons. The topological polar surface area (TPSA) is 39.2 Å². The van der Waals surface area contributed by atoms with Crippen molar-refractivity contribution in [2.75, 3.05) is 0 Å². The van der Waals surface area contributed by atoms with Gasteiger partial charge in [0.15, 0.2) is 6.10 Å². The third-order valence-electron chi connectivity index (χ3n) is 3.43. The number of rotatable bonds is 5. The van der Waals surface area contributed by atoms with Crippen LogP contribution in [0.25, 0.3) is 0 Å². The molecule has 0 aliphatic heterocycles. The third kappa shape index (κ3) is 3.75. The van der Waals surface area contributed by atoms with Crippen LogP contribution in [0.15, 0.2) is 73.1 Å². The minimum atomic E-state index is -0.825. The van der Waals surface area contributed by atoms with Crippen molar-refractivity contribution in [1.82, 2.24) is 4.98 Å². The predicted octanol–water partition coefficient (Wildman–Crippen LogP) is 5.39. The van der Waals surface area contributed by atoms with E-state index in [1.165, 1.54) is 6.20 Å². The predicted molar refractivity (Wildman–Crippen MR) is 94.8 cm³/mol. The van der Waals surface area contributed by atoms with Crippen molar-refractivity contribution in [3.05, 3.63) is 94.2 Å². The van der Waals surface area contributed by atoms with Crippen LogP contribution >= 0.6 is 23.2 Å². The lowest BCUT2D eigenvalue weighted by Gasteiger charge is -2.19. The van der Waals surface area contributed by atoms with Crippen LogP contribution in [0, 0.1) is 0 Å². The molecule has 0 spiro atoms. The monoisotopic (exact) mass is 357 g/mol. The summed E-state index contributed by atoms with van der Waals surface area (Å²) in [6.07, 6.45) is 2.31. The van der Waals surface area contributed by atoms with Gasteiger partial charge in [-0.3, -0.25) is 9.78 Å². The van der Waals surface area contributed by atoms with Crippen LogP contribution in [0.2, 0.25) is 10.0 Å². The van der Waals surface area contributed by atoms with Crippen molar-refractivity contribution in [2.24, 2.45) is 0 Å². The quantitative estimate of drug-likeness (QED) is 0.574. The summed E-state index contributed by atoms with van der Waals surface area (Å²) in [6.45, 7) is 0. The lowest BCUT2D eigenvalue weighted by Crippen LogP contribution is -2.19. The second-order valence-corrected chi connectivity index (χ2v) is 5.93. The van der Waals surface area contributed by atoms with Gasteiger partial charge < -0.3 is 4.74 Å². The first-order valence-corrected chi connectivity index (χ1v) is 8.01. The normalized spacial score (nSPS) is 11.8. The molecule has 0 bridgehead atoms. The molecule has 3 aromatic rings. The molecule has 0 saturated carbocycles. The largest absolute Gasteiger partial charge is 0.476 e. The first-order valence-electron chi connectivity index (χ1n) is 7.26. The van der Waals surface area contributed by atoms with Gasteiger partial charge in [-0.2, -0.15) is 0 Å². The molecule has 0 amide bonds. The summed E-state index contributed by atoms with van der Waals surface area (Å²) in [7, 11) is 0. The number of ether oxygens (including phenoxy) is 1. The highest BCUT2D eigenvalue weighted by Gasteiger charge is 2.25. The zero-order chi connectivity index (χ0) is 16.9. The molecular formula is C19H13Cl2NO2. The van der Waals surface area contributed by atoms with E-state index in [0.29, 0.717) is 21.4 Å². The molecular weight excluding hydrogens is 345 g/mol. The Balaban J connectivity index is 1.98. The van der Waals surface area contributed by atoms with Gasteiger partial charge in [0.2, 0.25) is 5.78 Å². The fourth-order valence-corrected chi connectivity index (χ4v) is 2.71. The minimum absolute atomic E-state index is 0.194. The van der Waals surface area contributed by atoms with Crippen molar-refractivity contribution in [2.45, 2.75) is 6.10 Å². The molecule has 0 N–H and O–H groups in total. The highest BCUT2D eigenvalue weighted by atomic mass is 35.5. The molecule has 24 heavy (non-hydrogen) atoms. The van der Waals surface area contributed by atoms with Gasteiger partial charge in [0.1, 0.15) is 5.75 Å². The van der Waals surface area contributed by atoms with Crippen molar-refractivity contribution in [1.29, 1.82) is 0 Å². The van der Waals surface area contributed by atoms with E-state index in [1.54, 1.807) is 36.5 Å². The number of halogens is 2. The summed E-state index contributed by atoms with van der Waals surface area (Å²) in [5.74, 6) is 0.201. The molecule has 0 fully saturated rings. The van der Waals surface area contributed by atoms with Crippen molar-refractivity contribution in [3.8, 4) is 5.75 Å². The summed E-state index contributed by atoms with van der Waals surface area (Å²) in [6, 6.07) is 17.6. The Labute approximate surface area is 149 Å². The first-order chi connectivity index (χ1) is 11.6. The summed E-state index contributed by atoms with van der Waals surface area (Å²) >= 11 is 12.1. The Kier molecular flexibility index (Phi) is 5.14. The second kappa shape index (κ2) is 7.47. The van der Waals surface area contributed by atoms with Gasteiger partial charge in [-0.25, -0.2) is 0 Å². The number of Topliss-reactive ketones (excluding diaryl/α,β-unsaturated/α-hetero) is 1. The van der Waals surface area contributed by atoms with E-state index in [-0.39, 0.29) is 5.78 Å². The SMILES string of the molecule is O=C(c1cccnc1)C(Oc1ccc(Cl)cc1Cl)c1ccccc1. The van der Waals surface area contributed by atoms with Crippen LogP contribution in [-0.2, 0) is 0 Å². The number of carbonyl (C=O) groups excluding carboxylic acids is 1. The van der Waals surface area contributed by atoms with E-state index in [2.05, 4.69) is 4.98 Å². The summed E-state index contributed by atoms with van der Waals surface area (Å²) in [5.41, 5.74) is 1.20. The van der Waals surface area contributed by atoms with E-state index in [4.69, 9.17) is 27.9 Å². The molecule has 1 heterocycles. The van der Waals surface area contributed by atoms with Crippen molar-refractivity contribution >= 4 is 29.0 Å². The maximum atomic E-state index is 12.9. The fraction of sp³-hybridized carbons (Fsp3) is 0.0526. The molecule has 1 atom stereocenters. The van der Waals surface area contributed by atoms with E-state index >= 15 is 0 Å². The standard InChI is InChI=1S/C19H13Cl2NO2/c20-15-8-9-17(16(21)11-15)24-19(13-5-2-1-3-6-13)18(23)14-7-4-10-22-12-14/h1-12,19H. The second-order valence-electron chi connectivity index (χ2n) is 5.09. The van der Waals surface area contributed by atoms with Crippen LogP contribution in [0.3, 0.4) is 0 Å².